The topological polar surface area (TPSA) is 145 Å². The lowest BCUT2D eigenvalue weighted by Crippen LogP contribution is -2.53. The fourth-order valence-electron chi connectivity index (χ4n) is 6.47. The van der Waals surface area contributed by atoms with Gasteiger partial charge in [-0.15, -0.1) is 4.40 Å². The third-order valence-electron chi connectivity index (χ3n) is 8.00. The van der Waals surface area contributed by atoms with E-state index in [0.717, 1.165) is 37.3 Å². The average Bonchev–Trinajstić information content (AvgIpc) is 3.48. The molecule has 2 aliphatic carbocycles. The number of hydrogen-bond donors (Lipinski definition) is 3. The van der Waals surface area contributed by atoms with Crippen molar-refractivity contribution >= 4 is 43.2 Å². The lowest BCUT2D eigenvalue weighted by atomic mass is 9.77. The number of fused-ring (bicyclic) bond motifs is 6. The number of sulfonamides is 2. The van der Waals surface area contributed by atoms with Gasteiger partial charge in [0.2, 0.25) is 10.0 Å². The lowest BCUT2D eigenvalue weighted by Gasteiger charge is -2.44. The summed E-state index contributed by atoms with van der Waals surface area (Å²) >= 11 is 0. The molecule has 10 nitrogen and oxygen atoms in total. The average molecular weight is 597 g/mol. The highest BCUT2D eigenvalue weighted by Gasteiger charge is 2.57. The van der Waals surface area contributed by atoms with Crippen molar-refractivity contribution in [3.8, 4) is 0 Å². The summed E-state index contributed by atoms with van der Waals surface area (Å²) in [7, 11) is -8.17. The predicted molar refractivity (Wildman–Crippen MR) is 138 cm³/mol. The second-order valence-electron chi connectivity index (χ2n) is 10.5. The first-order valence-electron chi connectivity index (χ1n) is 12.4. The molecule has 212 valence electrons. The molecular formula is C25H23F3N4O6S2. The molecule has 0 spiro atoms. The number of hydrogen-bond acceptors (Lipinski definition) is 7. The number of amidine groups is 1. The van der Waals surface area contributed by atoms with Crippen molar-refractivity contribution in [2.24, 2.45) is 22.2 Å². The second kappa shape index (κ2) is 8.96. The van der Waals surface area contributed by atoms with Crippen LogP contribution < -0.4 is 10.0 Å². The summed E-state index contributed by atoms with van der Waals surface area (Å²) in [4.78, 5) is 14.8. The van der Waals surface area contributed by atoms with Crippen LogP contribution >= 0.6 is 0 Å². The highest BCUT2D eigenvalue weighted by molar-refractivity contribution is 7.92. The number of aliphatic hydroxyl groups excluding tert-OH is 1. The maximum Gasteiger partial charge on any atom is 0.286 e. The molecule has 0 saturated heterocycles. The van der Waals surface area contributed by atoms with E-state index in [2.05, 4.69) is 14.4 Å². The molecule has 2 saturated carbocycles. The zero-order chi connectivity index (χ0) is 28.7. The van der Waals surface area contributed by atoms with Crippen LogP contribution in [0.2, 0.25) is 0 Å². The molecule has 2 fully saturated rings. The van der Waals surface area contributed by atoms with Gasteiger partial charge in [-0.1, -0.05) is 6.07 Å². The maximum absolute atomic E-state index is 14.6. The lowest BCUT2D eigenvalue weighted by molar-refractivity contribution is -0.134. The number of anilines is 2. The molecule has 4 atom stereocenters. The summed E-state index contributed by atoms with van der Waals surface area (Å²) in [6, 6.07) is 4.93. The number of halogens is 3. The smallest absolute Gasteiger partial charge is 0.286 e. The van der Waals surface area contributed by atoms with Crippen molar-refractivity contribution in [2.45, 2.75) is 36.7 Å². The van der Waals surface area contributed by atoms with E-state index in [-0.39, 0.29) is 39.4 Å². The normalized spacial score (nSPS) is 26.8. The van der Waals surface area contributed by atoms with Crippen LogP contribution in [-0.4, -0.2) is 50.9 Å². The van der Waals surface area contributed by atoms with Crippen molar-refractivity contribution in [3.05, 3.63) is 64.7 Å². The molecule has 15 heteroatoms. The predicted octanol–water partition coefficient (Wildman–Crippen LogP) is 3.26. The molecule has 40 heavy (non-hydrogen) atoms. The SMILES string of the molecule is CS(=O)(=O)Nc1ccc2c(c1)S(=O)(=O)N=C(C1=C(O)[C@@H]3[C@@H]4CC[C@@H](C4)[C@@H]3N(Cc3ccc(F)c(F)c3F)C1=O)N2. The zero-order valence-electron chi connectivity index (χ0n) is 20.9. The molecule has 0 aromatic heterocycles. The van der Waals surface area contributed by atoms with Gasteiger partial charge >= 0.3 is 0 Å². The van der Waals surface area contributed by atoms with Crippen LogP contribution in [0.3, 0.4) is 0 Å². The third kappa shape index (κ3) is 4.22. The number of rotatable bonds is 5. The van der Waals surface area contributed by atoms with Crippen LogP contribution in [0.1, 0.15) is 24.8 Å². The van der Waals surface area contributed by atoms with E-state index in [1.54, 1.807) is 0 Å². The number of nitrogens with one attached hydrogen (secondary N) is 2. The Morgan fingerprint density at radius 2 is 1.85 bits per heavy atom. The summed E-state index contributed by atoms with van der Waals surface area (Å²) in [5.41, 5.74) is -0.711. The molecule has 0 radical (unpaired) electrons. The number of amides is 1. The van der Waals surface area contributed by atoms with Crippen molar-refractivity contribution in [1.29, 1.82) is 0 Å². The molecule has 4 aliphatic rings. The minimum absolute atomic E-state index is 0.00887. The quantitative estimate of drug-likeness (QED) is 0.450. The molecule has 2 aliphatic heterocycles. The summed E-state index contributed by atoms with van der Waals surface area (Å²) in [5, 5.41) is 14.1. The Hall–Kier alpha value is -3.59. The number of nitrogens with zero attached hydrogens (tertiary/aromatic N) is 2. The number of carbonyl (C=O) groups is 1. The first-order chi connectivity index (χ1) is 18.7. The van der Waals surface area contributed by atoms with Crippen LogP contribution in [0.4, 0.5) is 24.5 Å². The van der Waals surface area contributed by atoms with E-state index >= 15 is 0 Å². The van der Waals surface area contributed by atoms with Crippen LogP contribution in [0.15, 0.2) is 51.0 Å². The summed E-state index contributed by atoms with van der Waals surface area (Å²) in [6.07, 6.45) is 3.12. The fraction of sp³-hybridized carbons (Fsp3) is 0.360. The molecule has 3 N–H and O–H groups in total. The second-order valence-corrected chi connectivity index (χ2v) is 13.8. The third-order valence-corrected chi connectivity index (χ3v) is 9.92. The van der Waals surface area contributed by atoms with Gasteiger partial charge in [-0.25, -0.2) is 21.6 Å². The summed E-state index contributed by atoms with van der Waals surface area (Å²) in [6.45, 7) is -0.430. The maximum atomic E-state index is 14.6. The van der Waals surface area contributed by atoms with E-state index < -0.39 is 73.3 Å². The Kier molecular flexibility index (Phi) is 5.96. The number of carbonyl (C=O) groups excluding carboxylic acids is 1. The Balaban J connectivity index is 1.42. The van der Waals surface area contributed by atoms with Crippen molar-refractivity contribution in [3.63, 3.8) is 0 Å². The van der Waals surface area contributed by atoms with Crippen molar-refractivity contribution < 1.29 is 39.9 Å². The van der Waals surface area contributed by atoms with Crippen LogP contribution in [0.25, 0.3) is 0 Å². The molecule has 2 aromatic carbocycles. The van der Waals surface area contributed by atoms with Crippen molar-refractivity contribution in [2.75, 3.05) is 16.3 Å². The van der Waals surface area contributed by atoms with Gasteiger partial charge in [0.15, 0.2) is 23.3 Å². The minimum atomic E-state index is -4.47. The number of aliphatic hydroxyl groups is 1. The van der Waals surface area contributed by atoms with Crippen LogP contribution in [-0.2, 0) is 31.4 Å². The van der Waals surface area contributed by atoms with Gasteiger partial charge in [0.25, 0.3) is 15.9 Å². The van der Waals surface area contributed by atoms with Crippen molar-refractivity contribution in [1.82, 2.24) is 4.90 Å². The number of benzene rings is 2. The van der Waals surface area contributed by atoms with E-state index in [1.165, 1.54) is 17.0 Å². The zero-order valence-corrected chi connectivity index (χ0v) is 22.5. The first-order valence-corrected chi connectivity index (χ1v) is 15.7. The van der Waals surface area contributed by atoms with Gasteiger partial charge < -0.3 is 15.3 Å². The van der Waals surface area contributed by atoms with E-state index in [4.69, 9.17) is 0 Å². The molecule has 6 rings (SSSR count). The molecular weight excluding hydrogens is 573 g/mol. The largest absolute Gasteiger partial charge is 0.511 e. The summed E-state index contributed by atoms with van der Waals surface area (Å²) < 4.78 is 97.5. The highest BCUT2D eigenvalue weighted by atomic mass is 32.2. The van der Waals surface area contributed by atoms with Gasteiger partial charge in [-0.2, -0.15) is 8.42 Å². The van der Waals surface area contributed by atoms with Gasteiger partial charge in [-0.05, 0) is 55.4 Å². The monoisotopic (exact) mass is 596 g/mol. The molecule has 1 amide bonds. The molecule has 2 heterocycles. The fourth-order valence-corrected chi connectivity index (χ4v) is 8.17. The van der Waals surface area contributed by atoms with Crippen LogP contribution in [0.5, 0.6) is 0 Å². The van der Waals surface area contributed by atoms with E-state index in [0.29, 0.717) is 6.42 Å². The highest BCUT2D eigenvalue weighted by Crippen LogP contribution is 2.55. The molecule has 2 aromatic rings. The minimum Gasteiger partial charge on any atom is -0.511 e. The summed E-state index contributed by atoms with van der Waals surface area (Å²) in [5.74, 6) is -6.70. The van der Waals surface area contributed by atoms with E-state index in [9.17, 15) is 39.9 Å². The Bertz CT molecular complexity index is 1760. The molecule has 2 bridgehead atoms. The molecule has 0 unspecified atom stereocenters. The first kappa shape index (κ1) is 26.6. The van der Waals surface area contributed by atoms with E-state index in [1.807, 2.05) is 0 Å². The Labute approximate surface area is 227 Å². The van der Waals surface area contributed by atoms with Gasteiger partial charge in [0.05, 0.1) is 11.9 Å². The van der Waals surface area contributed by atoms with Crippen LogP contribution in [0, 0.1) is 35.2 Å². The standard InChI is InChI=1S/C25H23F3N4O6S2/c1-39(35,36)30-14-5-7-16-17(9-14)40(37,38)31-24(29-16)19-23(33)18-11-2-3-12(8-11)22(18)32(25(19)34)10-13-4-6-15(26)21(28)20(13)27/h4-7,9,11-12,18,22,30,33H,2-3,8,10H2,1H3,(H,29,31)/t11-,12+,18-,22+/m1/s1. The van der Waals surface area contributed by atoms with Gasteiger partial charge in [0, 0.05) is 29.8 Å². The Morgan fingerprint density at radius 3 is 2.58 bits per heavy atom. The Morgan fingerprint density at radius 1 is 1.12 bits per heavy atom. The van der Waals surface area contributed by atoms with Gasteiger partial charge in [0.1, 0.15) is 16.2 Å². The van der Waals surface area contributed by atoms with Gasteiger partial charge in [-0.3, -0.25) is 9.52 Å².